The Kier molecular flexibility index (Phi) is 4.35. The van der Waals surface area contributed by atoms with Crippen molar-refractivity contribution in [3.05, 3.63) is 47.8 Å². The van der Waals surface area contributed by atoms with Gasteiger partial charge in [0.05, 0.1) is 18.3 Å². The molecule has 126 valence electrons. The summed E-state index contributed by atoms with van der Waals surface area (Å²) < 4.78 is 7.04. The van der Waals surface area contributed by atoms with Gasteiger partial charge in [0.2, 0.25) is 0 Å². The molecule has 1 aromatic carbocycles. The predicted octanol–water partition coefficient (Wildman–Crippen LogP) is 1.49. The number of hydrogen-bond acceptors (Lipinski definition) is 4. The van der Waals surface area contributed by atoms with Crippen molar-refractivity contribution < 1.29 is 19.4 Å². The quantitative estimate of drug-likeness (QED) is 0.922. The first-order valence-corrected chi connectivity index (χ1v) is 7.75. The summed E-state index contributed by atoms with van der Waals surface area (Å²) >= 11 is 0. The maximum atomic E-state index is 12.7. The van der Waals surface area contributed by atoms with Crippen molar-refractivity contribution >= 4 is 11.9 Å². The normalized spacial score (nSPS) is 20.8. The van der Waals surface area contributed by atoms with Crippen molar-refractivity contribution in [1.29, 1.82) is 0 Å². The summed E-state index contributed by atoms with van der Waals surface area (Å²) in [6.45, 7) is 4.00. The van der Waals surface area contributed by atoms with E-state index < -0.39 is 12.1 Å². The van der Waals surface area contributed by atoms with Crippen LogP contribution in [0.4, 0.5) is 0 Å². The van der Waals surface area contributed by atoms with E-state index in [9.17, 15) is 9.59 Å². The minimum absolute atomic E-state index is 0.0236. The highest BCUT2D eigenvalue weighted by Gasteiger charge is 2.33. The first-order valence-electron chi connectivity index (χ1n) is 7.75. The Morgan fingerprint density at radius 1 is 1.25 bits per heavy atom. The van der Waals surface area contributed by atoms with Crippen LogP contribution in [0.25, 0.3) is 5.69 Å². The molecule has 1 amide bonds. The van der Waals surface area contributed by atoms with Crippen LogP contribution in [0, 0.1) is 6.92 Å². The number of para-hydroxylation sites is 1. The minimum atomic E-state index is -1.06. The second kappa shape index (κ2) is 6.45. The Morgan fingerprint density at radius 3 is 2.62 bits per heavy atom. The second-order valence-corrected chi connectivity index (χ2v) is 5.90. The van der Waals surface area contributed by atoms with Gasteiger partial charge in [-0.3, -0.25) is 4.79 Å². The lowest BCUT2D eigenvalue weighted by atomic mass is 10.2. The third-order valence-electron chi connectivity index (χ3n) is 3.93. The molecule has 1 fully saturated rings. The number of carboxylic acids is 1. The average molecular weight is 329 g/mol. The highest BCUT2D eigenvalue weighted by atomic mass is 16.5. The molecular formula is C17H19N3O4. The standard InChI is InChI=1S/C17H19N3O4/c1-11-8-14(18-20(11)13-6-4-3-5-7-13)16(21)19-9-12(2)24-15(10-19)17(22)23/h3-8,12,15H,9-10H2,1-2H3,(H,22,23)/t12-,15?/m1/s1. The number of aromatic nitrogens is 2. The zero-order valence-corrected chi connectivity index (χ0v) is 13.5. The molecule has 0 radical (unpaired) electrons. The van der Waals surface area contributed by atoms with Gasteiger partial charge in [-0.05, 0) is 32.0 Å². The van der Waals surface area contributed by atoms with Crippen LogP contribution in [0.1, 0.15) is 23.1 Å². The number of ether oxygens (including phenoxy) is 1. The van der Waals surface area contributed by atoms with E-state index in [0.717, 1.165) is 11.4 Å². The van der Waals surface area contributed by atoms with Crippen LogP contribution in [-0.4, -0.2) is 57.0 Å². The molecule has 0 bridgehead atoms. The summed E-state index contributed by atoms with van der Waals surface area (Å²) in [5.41, 5.74) is 2.00. The fourth-order valence-electron chi connectivity index (χ4n) is 2.83. The van der Waals surface area contributed by atoms with Gasteiger partial charge in [-0.2, -0.15) is 5.10 Å². The van der Waals surface area contributed by atoms with Gasteiger partial charge in [0.1, 0.15) is 0 Å². The number of carbonyl (C=O) groups is 2. The predicted molar refractivity (Wildman–Crippen MR) is 86.2 cm³/mol. The van der Waals surface area contributed by atoms with Gasteiger partial charge in [0.15, 0.2) is 11.8 Å². The van der Waals surface area contributed by atoms with Crippen LogP contribution in [0.5, 0.6) is 0 Å². The number of hydrogen-bond donors (Lipinski definition) is 1. The van der Waals surface area contributed by atoms with Crippen molar-refractivity contribution in [3.63, 3.8) is 0 Å². The van der Waals surface area contributed by atoms with E-state index in [0.29, 0.717) is 12.2 Å². The lowest BCUT2D eigenvalue weighted by Crippen LogP contribution is -2.51. The molecule has 1 aromatic heterocycles. The van der Waals surface area contributed by atoms with E-state index in [2.05, 4.69) is 5.10 Å². The molecule has 7 heteroatoms. The topological polar surface area (TPSA) is 84.7 Å². The number of morpholine rings is 1. The third-order valence-corrected chi connectivity index (χ3v) is 3.93. The maximum Gasteiger partial charge on any atom is 0.334 e. The van der Waals surface area contributed by atoms with Crippen molar-refractivity contribution in [2.75, 3.05) is 13.1 Å². The van der Waals surface area contributed by atoms with Crippen LogP contribution < -0.4 is 0 Å². The molecule has 0 aliphatic carbocycles. The summed E-state index contributed by atoms with van der Waals surface area (Å²) in [6, 6.07) is 11.2. The third kappa shape index (κ3) is 3.16. The molecule has 1 unspecified atom stereocenters. The van der Waals surface area contributed by atoms with Gasteiger partial charge in [-0.1, -0.05) is 18.2 Å². The highest BCUT2D eigenvalue weighted by molar-refractivity contribution is 5.93. The molecule has 0 saturated carbocycles. The van der Waals surface area contributed by atoms with E-state index >= 15 is 0 Å². The molecule has 3 rings (SSSR count). The molecule has 0 spiro atoms. The van der Waals surface area contributed by atoms with Crippen molar-refractivity contribution in [3.8, 4) is 5.69 Å². The maximum absolute atomic E-state index is 12.7. The smallest absolute Gasteiger partial charge is 0.334 e. The van der Waals surface area contributed by atoms with Gasteiger partial charge in [-0.15, -0.1) is 0 Å². The van der Waals surface area contributed by atoms with Gasteiger partial charge in [0.25, 0.3) is 5.91 Å². The number of carboxylic acid groups (broad SMARTS) is 1. The van der Waals surface area contributed by atoms with Crippen molar-refractivity contribution in [2.24, 2.45) is 0 Å². The summed E-state index contributed by atoms with van der Waals surface area (Å²) in [7, 11) is 0. The van der Waals surface area contributed by atoms with Crippen molar-refractivity contribution in [2.45, 2.75) is 26.1 Å². The lowest BCUT2D eigenvalue weighted by Gasteiger charge is -2.34. The number of benzene rings is 1. The monoisotopic (exact) mass is 329 g/mol. The Balaban J connectivity index is 1.84. The molecule has 1 aliphatic rings. The van der Waals surface area contributed by atoms with Crippen molar-refractivity contribution in [1.82, 2.24) is 14.7 Å². The molecule has 2 aromatic rings. The molecule has 2 atom stereocenters. The van der Waals surface area contributed by atoms with Gasteiger partial charge >= 0.3 is 5.97 Å². The number of carbonyl (C=O) groups excluding carboxylic acids is 1. The molecule has 24 heavy (non-hydrogen) atoms. The lowest BCUT2D eigenvalue weighted by molar-refractivity contribution is -0.160. The summed E-state index contributed by atoms with van der Waals surface area (Å²) in [6.07, 6.45) is -1.34. The van der Waals surface area contributed by atoms with Gasteiger partial charge in [-0.25, -0.2) is 9.48 Å². The van der Waals surface area contributed by atoms with Gasteiger partial charge < -0.3 is 14.7 Å². The number of aliphatic carboxylic acids is 1. The van der Waals surface area contributed by atoms with Crippen LogP contribution >= 0.6 is 0 Å². The van der Waals surface area contributed by atoms with Crippen LogP contribution in [0.3, 0.4) is 0 Å². The van der Waals surface area contributed by atoms with Gasteiger partial charge in [0, 0.05) is 12.2 Å². The Bertz CT molecular complexity index is 756. The van der Waals surface area contributed by atoms with Crippen LogP contribution in [-0.2, 0) is 9.53 Å². The van der Waals surface area contributed by atoms with E-state index in [4.69, 9.17) is 9.84 Å². The Labute approximate surface area is 139 Å². The van der Waals surface area contributed by atoms with E-state index in [-0.39, 0.29) is 18.6 Å². The van der Waals surface area contributed by atoms with E-state index in [1.54, 1.807) is 17.7 Å². The highest BCUT2D eigenvalue weighted by Crippen LogP contribution is 2.17. The molecule has 1 N–H and O–H groups in total. The molecule has 1 aliphatic heterocycles. The number of nitrogens with zero attached hydrogens (tertiary/aromatic N) is 3. The molecule has 7 nitrogen and oxygen atoms in total. The SMILES string of the molecule is Cc1cc(C(=O)N2CC(C(=O)O)O[C@H](C)C2)nn1-c1ccccc1. The fraction of sp³-hybridized carbons (Fsp3) is 0.353. The summed E-state index contributed by atoms with van der Waals surface area (Å²) in [4.78, 5) is 25.4. The van der Waals surface area contributed by atoms with E-state index in [1.165, 1.54) is 4.90 Å². The largest absolute Gasteiger partial charge is 0.479 e. The van der Waals surface area contributed by atoms with E-state index in [1.807, 2.05) is 37.3 Å². The zero-order valence-electron chi connectivity index (χ0n) is 13.5. The number of amides is 1. The second-order valence-electron chi connectivity index (χ2n) is 5.90. The van der Waals surface area contributed by atoms with Crippen LogP contribution in [0.2, 0.25) is 0 Å². The number of aryl methyl sites for hydroxylation is 1. The Hall–Kier alpha value is -2.67. The zero-order chi connectivity index (χ0) is 17.3. The first-order chi connectivity index (χ1) is 11.5. The number of rotatable bonds is 3. The minimum Gasteiger partial charge on any atom is -0.479 e. The van der Waals surface area contributed by atoms with Crippen LogP contribution in [0.15, 0.2) is 36.4 Å². The molecule has 2 heterocycles. The fourth-order valence-corrected chi connectivity index (χ4v) is 2.83. The molecular weight excluding hydrogens is 310 g/mol. The molecule has 1 saturated heterocycles. The Morgan fingerprint density at radius 2 is 1.96 bits per heavy atom. The average Bonchev–Trinajstić information content (AvgIpc) is 2.96. The first kappa shape index (κ1) is 16.2. The summed E-state index contributed by atoms with van der Waals surface area (Å²) in [5, 5.41) is 13.5. The summed E-state index contributed by atoms with van der Waals surface area (Å²) in [5.74, 6) is -1.35.